The highest BCUT2D eigenvalue weighted by atomic mass is 35.7. The van der Waals surface area contributed by atoms with Crippen LogP contribution < -0.4 is 18.6 Å². The second kappa shape index (κ2) is 12.1. The van der Waals surface area contributed by atoms with Crippen LogP contribution in [0.1, 0.15) is 18.1 Å². The molecule has 5 nitrogen and oxygen atoms in total. The van der Waals surface area contributed by atoms with Gasteiger partial charge in [0.2, 0.25) is 0 Å². The minimum atomic E-state index is -4.94. The minimum Gasteiger partial charge on any atom is -0.235 e. The van der Waals surface area contributed by atoms with Gasteiger partial charge in [-0.25, -0.2) is 23.2 Å². The molecule has 0 unspecified atom stereocenters. The second-order valence-electron chi connectivity index (χ2n) is 8.00. The van der Waals surface area contributed by atoms with Gasteiger partial charge in [-0.3, -0.25) is 0 Å². The van der Waals surface area contributed by atoms with Gasteiger partial charge in [0.25, 0.3) is 0 Å². The number of rotatable bonds is 3. The van der Waals surface area contributed by atoms with Gasteiger partial charge in [0.05, 0.1) is 0 Å². The molecule has 0 saturated carbocycles. The number of halogens is 1. The second-order valence-corrected chi connectivity index (χ2v) is 9.84. The summed E-state index contributed by atoms with van der Waals surface area (Å²) in [4.78, 5) is 2.56. The van der Waals surface area contributed by atoms with E-state index in [0.717, 1.165) is 0 Å². The lowest BCUT2D eigenvalue weighted by atomic mass is 10.0. The third kappa shape index (κ3) is 8.64. The highest BCUT2D eigenvalue weighted by Gasteiger charge is 2.15. The average Bonchev–Trinajstić information content (AvgIpc) is 2.84. The smallest absolute Gasteiger partial charge is 0.199 e. The number of allylic oxidation sites excluding steroid dienone is 10. The van der Waals surface area contributed by atoms with Crippen molar-refractivity contribution in [3.63, 3.8) is 0 Å². The van der Waals surface area contributed by atoms with Crippen molar-refractivity contribution < 1.29 is 33.5 Å². The fourth-order valence-corrected chi connectivity index (χ4v) is 4.54. The molecule has 1 heterocycles. The van der Waals surface area contributed by atoms with Crippen LogP contribution in [0.5, 0.6) is 0 Å². The molecule has 0 fully saturated rings. The van der Waals surface area contributed by atoms with Crippen molar-refractivity contribution in [3.8, 4) is 0 Å². The van der Waals surface area contributed by atoms with Gasteiger partial charge in [-0.05, 0) is 59.1 Å². The van der Waals surface area contributed by atoms with E-state index < -0.39 is 10.2 Å². The van der Waals surface area contributed by atoms with Crippen LogP contribution in [-0.4, -0.2) is 24.4 Å². The Bertz CT molecular complexity index is 1180. The van der Waals surface area contributed by atoms with E-state index in [1.165, 1.54) is 43.4 Å². The summed E-state index contributed by atoms with van der Waals surface area (Å²) in [5, 5.41) is 0. The highest BCUT2D eigenvalue weighted by Crippen LogP contribution is 2.44. The molecule has 0 radical (unpaired) electrons. The van der Waals surface area contributed by atoms with Gasteiger partial charge in [0, 0.05) is 22.0 Å². The first kappa shape index (κ1) is 26.6. The zero-order valence-electron chi connectivity index (χ0n) is 19.7. The predicted molar refractivity (Wildman–Crippen MR) is 133 cm³/mol. The SMILES string of the molecule is CC(C=C1C=CC(=[N+](C)C)C=C1)=C1C=C(c2ccccc2)SC(c2ccccc2)=C1.[O-][Cl+3]([O-])([O-])[O-]. The van der Waals surface area contributed by atoms with Crippen LogP contribution in [0.4, 0.5) is 0 Å². The van der Waals surface area contributed by atoms with Crippen LogP contribution in [-0.2, 0) is 0 Å². The normalized spacial score (nSPS) is 15.1. The Morgan fingerprint density at radius 2 is 1.17 bits per heavy atom. The first-order valence-corrected chi connectivity index (χ1v) is 12.8. The molecule has 180 valence electrons. The summed E-state index contributed by atoms with van der Waals surface area (Å²) in [6, 6.07) is 21.3. The Balaban J connectivity index is 0.000000623. The Labute approximate surface area is 212 Å². The van der Waals surface area contributed by atoms with Crippen LogP contribution in [0.25, 0.3) is 9.81 Å². The standard InChI is InChI=1S/C28H26NS.ClHO4/c1-21(18-22-14-16-26(17-15-22)29(2)3)25-19-27(23-10-6-4-7-11-23)30-28(20-25)24-12-8-5-9-13-24;2-1(3,4)5/h4-20H,1-3H3;(H,2,3,4,5)/q+1;/p-1. The van der Waals surface area contributed by atoms with Crippen molar-refractivity contribution in [1.82, 2.24) is 0 Å². The first-order chi connectivity index (χ1) is 16.6. The van der Waals surface area contributed by atoms with Gasteiger partial charge >= 0.3 is 0 Å². The maximum absolute atomic E-state index is 8.49. The molecule has 0 amide bonds. The summed E-state index contributed by atoms with van der Waals surface area (Å²) in [5.74, 6) is 0. The quantitative estimate of drug-likeness (QED) is 0.593. The molecular weight excluding hydrogens is 482 g/mol. The third-order valence-electron chi connectivity index (χ3n) is 5.16. The molecule has 0 bridgehead atoms. The maximum atomic E-state index is 8.49. The van der Waals surface area contributed by atoms with E-state index in [2.05, 4.69) is 129 Å². The van der Waals surface area contributed by atoms with Gasteiger partial charge < -0.3 is 0 Å². The number of hydrogen-bond donors (Lipinski definition) is 0. The van der Waals surface area contributed by atoms with Crippen LogP contribution >= 0.6 is 11.8 Å². The summed E-state index contributed by atoms with van der Waals surface area (Å²) in [7, 11) is -0.811. The lowest BCUT2D eigenvalue weighted by molar-refractivity contribution is -2.00. The molecular formula is C28H26ClNO4S. The summed E-state index contributed by atoms with van der Waals surface area (Å²) >= 11 is 1.84. The van der Waals surface area contributed by atoms with Gasteiger partial charge in [0.15, 0.2) is 5.71 Å². The molecule has 0 aromatic heterocycles. The van der Waals surface area contributed by atoms with Crippen LogP contribution in [0.2, 0.25) is 0 Å². The first-order valence-electron chi connectivity index (χ1n) is 10.8. The highest BCUT2D eigenvalue weighted by molar-refractivity contribution is 8.16. The van der Waals surface area contributed by atoms with E-state index >= 15 is 0 Å². The lowest BCUT2D eigenvalue weighted by Gasteiger charge is -2.18. The summed E-state index contributed by atoms with van der Waals surface area (Å²) in [6.45, 7) is 2.20. The van der Waals surface area contributed by atoms with E-state index in [9.17, 15) is 0 Å². The minimum absolute atomic E-state index is 1.21. The zero-order chi connectivity index (χ0) is 25.4. The van der Waals surface area contributed by atoms with Crippen molar-refractivity contribution in [3.05, 3.63) is 131 Å². The largest absolute Gasteiger partial charge is 0.235 e. The monoisotopic (exact) mass is 507 g/mol. The van der Waals surface area contributed by atoms with Crippen molar-refractivity contribution in [2.45, 2.75) is 6.92 Å². The number of benzene rings is 2. The van der Waals surface area contributed by atoms with Gasteiger partial charge in [-0.15, -0.1) is 10.2 Å². The van der Waals surface area contributed by atoms with E-state index in [1.54, 1.807) is 0 Å². The van der Waals surface area contributed by atoms with Crippen LogP contribution in [0.3, 0.4) is 0 Å². The van der Waals surface area contributed by atoms with E-state index in [0.29, 0.717) is 0 Å². The van der Waals surface area contributed by atoms with E-state index in [1.807, 2.05) is 11.8 Å². The molecule has 2 aromatic carbocycles. The van der Waals surface area contributed by atoms with Crippen molar-refractivity contribution in [2.24, 2.45) is 0 Å². The number of hydrogen-bond acceptors (Lipinski definition) is 5. The summed E-state index contributed by atoms with van der Waals surface area (Å²) in [5.41, 5.74) is 7.45. The fourth-order valence-electron chi connectivity index (χ4n) is 3.42. The topological polar surface area (TPSA) is 95.2 Å². The third-order valence-corrected chi connectivity index (χ3v) is 6.30. The van der Waals surface area contributed by atoms with Gasteiger partial charge in [0.1, 0.15) is 14.1 Å². The van der Waals surface area contributed by atoms with Gasteiger partial charge in [-0.2, -0.15) is 0 Å². The molecule has 1 aliphatic carbocycles. The van der Waals surface area contributed by atoms with Crippen LogP contribution in [0, 0.1) is 10.2 Å². The fraction of sp³-hybridized carbons (Fsp3) is 0.107. The Morgan fingerprint density at radius 3 is 1.57 bits per heavy atom. The molecule has 35 heavy (non-hydrogen) atoms. The Kier molecular flexibility index (Phi) is 9.23. The zero-order valence-corrected chi connectivity index (χ0v) is 21.3. The molecule has 0 atom stereocenters. The Morgan fingerprint density at radius 1 is 0.743 bits per heavy atom. The van der Waals surface area contributed by atoms with E-state index in [4.69, 9.17) is 18.6 Å². The molecule has 1 aliphatic heterocycles. The molecule has 0 saturated heterocycles. The van der Waals surface area contributed by atoms with Crippen molar-refractivity contribution in [1.29, 1.82) is 0 Å². The number of nitrogens with zero attached hydrogens (tertiary/aromatic N) is 1. The van der Waals surface area contributed by atoms with Crippen molar-refractivity contribution in [2.75, 3.05) is 14.1 Å². The molecule has 0 N–H and O–H groups in total. The lowest BCUT2D eigenvalue weighted by Crippen LogP contribution is -2.68. The molecule has 2 aromatic rings. The van der Waals surface area contributed by atoms with Gasteiger partial charge in [-0.1, -0.05) is 78.5 Å². The predicted octanol–water partition coefficient (Wildman–Crippen LogP) is 2.14. The maximum Gasteiger partial charge on any atom is 0.199 e. The average molecular weight is 508 g/mol. The van der Waals surface area contributed by atoms with E-state index in [-0.39, 0.29) is 0 Å². The molecule has 4 rings (SSSR count). The Hall–Kier alpha value is -2.97. The van der Waals surface area contributed by atoms with Crippen molar-refractivity contribution >= 4 is 27.3 Å². The molecule has 2 aliphatic rings. The number of thioether (sulfide) groups is 1. The van der Waals surface area contributed by atoms with Crippen LogP contribution in [0.15, 0.2) is 120 Å². The summed E-state index contributed by atoms with van der Waals surface area (Å²) < 4.78 is 36.1. The summed E-state index contributed by atoms with van der Waals surface area (Å²) in [6.07, 6.45) is 15.6. The molecule has 0 spiro atoms. The molecule has 7 heteroatoms.